The van der Waals surface area contributed by atoms with Gasteiger partial charge in [0.2, 0.25) is 0 Å². The summed E-state index contributed by atoms with van der Waals surface area (Å²) in [6.45, 7) is 8.12. The predicted octanol–water partition coefficient (Wildman–Crippen LogP) is 3.53. The highest BCUT2D eigenvalue weighted by Gasteiger charge is 2.60. The van der Waals surface area contributed by atoms with Crippen molar-refractivity contribution in [1.82, 2.24) is 9.80 Å². The Labute approximate surface area is 141 Å². The van der Waals surface area contributed by atoms with Crippen molar-refractivity contribution < 1.29 is 35.9 Å². The molecule has 0 aliphatic carbocycles. The molecule has 0 spiro atoms. The highest BCUT2D eigenvalue weighted by molar-refractivity contribution is 5.68. The number of hydrogen-bond donors (Lipinski definition) is 0. The maximum Gasteiger partial charge on any atom is 0.434 e. The lowest BCUT2D eigenvalue weighted by Gasteiger charge is -2.35. The van der Waals surface area contributed by atoms with E-state index >= 15 is 0 Å². The Hall–Kier alpha value is -1.97. The van der Waals surface area contributed by atoms with Crippen LogP contribution in [0.4, 0.5) is 31.1 Å². The molecular weight excluding hydrogens is 354 g/mol. The highest BCUT2D eigenvalue weighted by Crippen LogP contribution is 2.36. The van der Waals surface area contributed by atoms with Crippen LogP contribution in [0.2, 0.25) is 0 Å². The molecule has 1 amide bonds. The van der Waals surface area contributed by atoms with Crippen LogP contribution < -0.4 is 0 Å². The van der Waals surface area contributed by atoms with Crippen LogP contribution in [-0.4, -0.2) is 67.1 Å². The smallest absolute Gasteiger partial charge is 0.426 e. The molecule has 1 fully saturated rings. The summed E-state index contributed by atoms with van der Waals surface area (Å²) in [6, 6.07) is 0. The fraction of sp³-hybridized carbons (Fsp3) is 0.533. The summed E-state index contributed by atoms with van der Waals surface area (Å²) in [7, 11) is 0. The maximum atomic E-state index is 12.4. The fourth-order valence-corrected chi connectivity index (χ4v) is 2.18. The van der Waals surface area contributed by atoms with Crippen LogP contribution in [0.1, 0.15) is 0 Å². The average molecular weight is 372 g/mol. The first-order chi connectivity index (χ1) is 11.5. The Morgan fingerprint density at radius 2 is 1.56 bits per heavy atom. The topological polar surface area (TPSA) is 32.8 Å². The van der Waals surface area contributed by atoms with E-state index in [0.717, 1.165) is 10.5 Å². The molecule has 10 heteroatoms. The Bertz CT molecular complexity index is 505. The number of amides is 1. The molecule has 0 N–H and O–H groups in total. The van der Waals surface area contributed by atoms with Crippen molar-refractivity contribution in [2.45, 2.75) is 18.5 Å². The minimum absolute atomic E-state index is 0.0419. The Morgan fingerprint density at radius 1 is 1.04 bits per heavy atom. The lowest BCUT2D eigenvalue weighted by molar-refractivity contribution is -0.308. The summed E-state index contributed by atoms with van der Waals surface area (Å²) in [5, 5.41) is 0. The average Bonchev–Trinajstić information content (AvgIpc) is 2.50. The molecular formula is C15H18F6N2O2. The maximum absolute atomic E-state index is 12.4. The van der Waals surface area contributed by atoms with Crippen LogP contribution in [0.25, 0.3) is 0 Å². The van der Waals surface area contributed by atoms with Crippen molar-refractivity contribution in [1.29, 1.82) is 0 Å². The number of nitrogens with zero attached hydrogens (tertiary/aromatic N) is 2. The molecule has 0 radical (unpaired) electrons. The molecule has 0 saturated carbocycles. The number of allylic oxidation sites excluding steroid dienone is 2. The number of rotatable bonds is 5. The molecule has 0 aromatic heterocycles. The fourth-order valence-electron chi connectivity index (χ4n) is 2.18. The van der Waals surface area contributed by atoms with Gasteiger partial charge >= 0.3 is 18.4 Å². The zero-order chi connectivity index (χ0) is 19.3. The number of piperazine rings is 1. The van der Waals surface area contributed by atoms with Gasteiger partial charge in [-0.05, 0) is 5.57 Å². The van der Waals surface area contributed by atoms with E-state index in [1.807, 2.05) is 4.90 Å². The van der Waals surface area contributed by atoms with E-state index in [1.54, 1.807) is 18.2 Å². The van der Waals surface area contributed by atoms with Crippen molar-refractivity contribution in [3.8, 4) is 0 Å². The number of carbonyl (C=O) groups excluding carboxylic acids is 1. The molecule has 0 unspecified atom stereocenters. The molecule has 0 atom stereocenters. The summed E-state index contributed by atoms with van der Waals surface area (Å²) < 4.78 is 78.2. The third-order valence-electron chi connectivity index (χ3n) is 3.44. The normalized spacial score (nSPS) is 17.6. The first-order valence-corrected chi connectivity index (χ1v) is 7.24. The molecule has 4 nitrogen and oxygen atoms in total. The minimum Gasteiger partial charge on any atom is -0.426 e. The van der Waals surface area contributed by atoms with Gasteiger partial charge in [0.05, 0.1) is 0 Å². The van der Waals surface area contributed by atoms with E-state index in [4.69, 9.17) is 0 Å². The van der Waals surface area contributed by atoms with E-state index in [9.17, 15) is 31.1 Å². The van der Waals surface area contributed by atoms with E-state index in [1.165, 1.54) is 0 Å². The molecule has 1 aliphatic heterocycles. The first-order valence-electron chi connectivity index (χ1n) is 7.24. The second kappa shape index (κ2) is 8.41. The van der Waals surface area contributed by atoms with Gasteiger partial charge in [0.1, 0.15) is 0 Å². The van der Waals surface area contributed by atoms with E-state index in [2.05, 4.69) is 17.9 Å². The van der Waals surface area contributed by atoms with Gasteiger partial charge in [-0.1, -0.05) is 31.4 Å². The zero-order valence-electron chi connectivity index (χ0n) is 13.2. The molecule has 25 heavy (non-hydrogen) atoms. The Kier molecular flexibility index (Phi) is 7.09. The van der Waals surface area contributed by atoms with Crippen molar-refractivity contribution in [3.63, 3.8) is 0 Å². The molecule has 1 rings (SSSR count). The molecule has 0 aromatic carbocycles. The van der Waals surface area contributed by atoms with Crippen LogP contribution >= 0.6 is 0 Å². The molecule has 0 aromatic rings. The van der Waals surface area contributed by atoms with Crippen molar-refractivity contribution >= 4 is 6.09 Å². The Morgan fingerprint density at radius 3 is 1.96 bits per heavy atom. The van der Waals surface area contributed by atoms with Gasteiger partial charge in [-0.2, -0.15) is 26.3 Å². The minimum atomic E-state index is -5.72. The third-order valence-corrected chi connectivity index (χ3v) is 3.44. The number of alkyl halides is 6. The van der Waals surface area contributed by atoms with Crippen LogP contribution in [0.3, 0.4) is 0 Å². The van der Waals surface area contributed by atoms with Crippen LogP contribution in [0, 0.1) is 0 Å². The summed E-state index contributed by atoms with van der Waals surface area (Å²) in [5.74, 6) is 0. The molecule has 1 saturated heterocycles. The van der Waals surface area contributed by atoms with E-state index < -0.39 is 24.5 Å². The van der Waals surface area contributed by atoms with Gasteiger partial charge in [-0.25, -0.2) is 4.79 Å². The van der Waals surface area contributed by atoms with Crippen molar-refractivity contribution in [2.24, 2.45) is 0 Å². The van der Waals surface area contributed by atoms with Crippen molar-refractivity contribution in [3.05, 3.63) is 37.0 Å². The predicted molar refractivity (Wildman–Crippen MR) is 78.9 cm³/mol. The van der Waals surface area contributed by atoms with Gasteiger partial charge in [-0.3, -0.25) is 4.90 Å². The number of halogens is 6. The Balaban J connectivity index is 2.62. The van der Waals surface area contributed by atoms with Crippen LogP contribution in [-0.2, 0) is 4.74 Å². The second-order valence-electron chi connectivity index (χ2n) is 5.29. The summed E-state index contributed by atoms with van der Waals surface area (Å²) in [4.78, 5) is 14.3. The molecule has 1 aliphatic rings. The SMILES string of the molecule is C=C/C=C(\C=C)CN1CCN(C(=O)OC(C(F)(F)F)C(F)(F)F)CC1. The number of hydrogen-bond acceptors (Lipinski definition) is 3. The quantitative estimate of drug-likeness (QED) is 0.547. The standard InChI is InChI=1S/C15H18F6N2O2/c1-3-5-11(4-2)10-22-6-8-23(9-7-22)13(24)25-12(14(16,17)18)15(19,20)21/h3-5,12H,1-2,6-10H2/b11-5+. The number of carbonyl (C=O) groups is 1. The summed E-state index contributed by atoms with van der Waals surface area (Å²) in [6.07, 6.45) is -12.3. The van der Waals surface area contributed by atoms with Gasteiger partial charge < -0.3 is 9.64 Å². The van der Waals surface area contributed by atoms with Gasteiger partial charge in [0, 0.05) is 32.7 Å². The summed E-state index contributed by atoms with van der Waals surface area (Å²) >= 11 is 0. The first kappa shape index (κ1) is 21.1. The van der Waals surface area contributed by atoms with Crippen LogP contribution in [0.15, 0.2) is 37.0 Å². The van der Waals surface area contributed by atoms with E-state index in [-0.39, 0.29) is 26.2 Å². The van der Waals surface area contributed by atoms with E-state index in [0.29, 0.717) is 6.54 Å². The van der Waals surface area contributed by atoms with Crippen molar-refractivity contribution in [2.75, 3.05) is 32.7 Å². The lowest BCUT2D eigenvalue weighted by atomic mass is 10.2. The number of ether oxygens (including phenoxy) is 1. The highest BCUT2D eigenvalue weighted by atomic mass is 19.4. The third kappa shape index (κ3) is 6.45. The molecule has 1 heterocycles. The summed E-state index contributed by atoms with van der Waals surface area (Å²) in [5.41, 5.74) is 0.847. The lowest BCUT2D eigenvalue weighted by Crippen LogP contribution is -2.52. The monoisotopic (exact) mass is 372 g/mol. The van der Waals surface area contributed by atoms with Gasteiger partial charge in [-0.15, -0.1) is 0 Å². The van der Waals surface area contributed by atoms with Gasteiger partial charge in [0.15, 0.2) is 0 Å². The van der Waals surface area contributed by atoms with Crippen LogP contribution in [0.5, 0.6) is 0 Å². The second-order valence-corrected chi connectivity index (χ2v) is 5.29. The largest absolute Gasteiger partial charge is 0.434 e. The molecule has 0 bridgehead atoms. The zero-order valence-corrected chi connectivity index (χ0v) is 13.2. The molecule has 142 valence electrons. The van der Waals surface area contributed by atoms with Gasteiger partial charge in [0.25, 0.3) is 6.10 Å².